The molecule has 0 saturated carbocycles. The van der Waals surface area contributed by atoms with Gasteiger partial charge >= 0.3 is 0 Å². The van der Waals surface area contributed by atoms with Crippen LogP contribution in [-0.4, -0.2) is 20.0 Å². The Kier molecular flexibility index (Phi) is 3.45. The molecule has 0 amide bonds. The van der Waals surface area contributed by atoms with E-state index in [0.717, 1.165) is 16.4 Å². The summed E-state index contributed by atoms with van der Waals surface area (Å²) in [6.07, 6.45) is 1.68. The van der Waals surface area contributed by atoms with E-state index in [4.69, 9.17) is 5.26 Å². The molecule has 2 aromatic rings. The monoisotopic (exact) mass is 244 g/mol. The van der Waals surface area contributed by atoms with Crippen LogP contribution in [0.3, 0.4) is 0 Å². The van der Waals surface area contributed by atoms with E-state index in [1.807, 2.05) is 42.7 Å². The van der Waals surface area contributed by atoms with Gasteiger partial charge in [0.25, 0.3) is 0 Å². The summed E-state index contributed by atoms with van der Waals surface area (Å²) in [4.78, 5) is 0. The standard InChI is InChI=1S/C12H12N4S/c1-9-5-3-4-6-11(9)16-8-14-15-12(16)17-10(2)7-13/h3-6,8,10H,1-2H3/t10-/m1/s1. The first kappa shape index (κ1) is 11.7. The van der Waals surface area contributed by atoms with Gasteiger partial charge in [-0.3, -0.25) is 4.57 Å². The highest BCUT2D eigenvalue weighted by Gasteiger charge is 2.12. The molecule has 0 aliphatic heterocycles. The van der Waals surface area contributed by atoms with Crippen molar-refractivity contribution in [2.45, 2.75) is 24.3 Å². The quantitative estimate of drug-likeness (QED) is 0.779. The van der Waals surface area contributed by atoms with Crippen LogP contribution in [0.15, 0.2) is 35.7 Å². The minimum absolute atomic E-state index is 0.137. The number of para-hydroxylation sites is 1. The largest absolute Gasteiger partial charge is 0.276 e. The van der Waals surface area contributed by atoms with Crippen molar-refractivity contribution in [1.82, 2.24) is 14.8 Å². The molecule has 0 radical (unpaired) electrons. The van der Waals surface area contributed by atoms with Crippen molar-refractivity contribution in [3.05, 3.63) is 36.2 Å². The SMILES string of the molecule is Cc1ccccc1-n1cnnc1S[C@H](C)C#N. The Balaban J connectivity index is 2.38. The van der Waals surface area contributed by atoms with Gasteiger partial charge in [-0.2, -0.15) is 5.26 Å². The highest BCUT2D eigenvalue weighted by Crippen LogP contribution is 2.24. The van der Waals surface area contributed by atoms with E-state index in [1.165, 1.54) is 11.8 Å². The van der Waals surface area contributed by atoms with Crippen molar-refractivity contribution in [1.29, 1.82) is 5.26 Å². The van der Waals surface area contributed by atoms with Gasteiger partial charge < -0.3 is 0 Å². The van der Waals surface area contributed by atoms with Crippen molar-refractivity contribution in [3.63, 3.8) is 0 Å². The number of thioether (sulfide) groups is 1. The molecule has 0 aliphatic rings. The Hall–Kier alpha value is -1.80. The number of hydrogen-bond acceptors (Lipinski definition) is 4. The summed E-state index contributed by atoms with van der Waals surface area (Å²) in [5, 5.41) is 17.4. The third kappa shape index (κ3) is 2.48. The van der Waals surface area contributed by atoms with Gasteiger partial charge in [0.1, 0.15) is 6.33 Å². The highest BCUT2D eigenvalue weighted by molar-refractivity contribution is 8.00. The van der Waals surface area contributed by atoms with E-state index in [1.54, 1.807) is 6.33 Å². The van der Waals surface area contributed by atoms with Gasteiger partial charge in [0.2, 0.25) is 0 Å². The second-order valence-corrected chi connectivity index (χ2v) is 4.97. The lowest BCUT2D eigenvalue weighted by Crippen LogP contribution is -2.00. The fraction of sp³-hybridized carbons (Fsp3) is 0.250. The lowest BCUT2D eigenvalue weighted by Gasteiger charge is -2.09. The molecule has 17 heavy (non-hydrogen) atoms. The molecule has 0 unspecified atom stereocenters. The van der Waals surface area contributed by atoms with Crippen LogP contribution in [0.2, 0.25) is 0 Å². The highest BCUT2D eigenvalue weighted by atomic mass is 32.2. The molecule has 0 aliphatic carbocycles. The van der Waals surface area contributed by atoms with Crippen LogP contribution in [0.5, 0.6) is 0 Å². The molecule has 2 rings (SSSR count). The minimum atomic E-state index is -0.137. The van der Waals surface area contributed by atoms with E-state index in [9.17, 15) is 0 Å². The molecule has 1 heterocycles. The number of aromatic nitrogens is 3. The van der Waals surface area contributed by atoms with E-state index in [2.05, 4.69) is 16.3 Å². The molecule has 0 saturated heterocycles. The van der Waals surface area contributed by atoms with Crippen molar-refractivity contribution < 1.29 is 0 Å². The molecule has 5 heteroatoms. The summed E-state index contributed by atoms with van der Waals surface area (Å²) in [6.45, 7) is 3.89. The first-order chi connectivity index (χ1) is 8.22. The Bertz CT molecular complexity index is 556. The molecule has 0 bridgehead atoms. The topological polar surface area (TPSA) is 54.5 Å². The molecule has 4 nitrogen and oxygen atoms in total. The zero-order chi connectivity index (χ0) is 12.3. The molecule has 0 fully saturated rings. The molecule has 0 spiro atoms. The molecule has 0 N–H and O–H groups in total. The summed E-state index contributed by atoms with van der Waals surface area (Å²) in [6, 6.07) is 10.2. The first-order valence-electron chi connectivity index (χ1n) is 5.24. The fourth-order valence-electron chi connectivity index (χ4n) is 1.49. The van der Waals surface area contributed by atoms with E-state index in [0.29, 0.717) is 0 Å². The minimum Gasteiger partial charge on any atom is -0.276 e. The predicted octanol–water partition coefficient (Wildman–Crippen LogP) is 2.58. The summed E-state index contributed by atoms with van der Waals surface area (Å²) in [5.41, 5.74) is 2.20. The average molecular weight is 244 g/mol. The Morgan fingerprint density at radius 1 is 1.41 bits per heavy atom. The molecule has 1 aromatic heterocycles. The Morgan fingerprint density at radius 2 is 2.18 bits per heavy atom. The lowest BCUT2D eigenvalue weighted by molar-refractivity contribution is 0.875. The summed E-state index contributed by atoms with van der Waals surface area (Å²) in [5.74, 6) is 0. The van der Waals surface area contributed by atoms with Crippen LogP contribution in [0.25, 0.3) is 5.69 Å². The van der Waals surface area contributed by atoms with Crippen LogP contribution in [0, 0.1) is 18.3 Å². The number of hydrogen-bond donors (Lipinski definition) is 0. The summed E-state index contributed by atoms with van der Waals surface area (Å²) >= 11 is 1.41. The molecule has 1 aromatic carbocycles. The van der Waals surface area contributed by atoms with Crippen molar-refractivity contribution in [2.75, 3.05) is 0 Å². The van der Waals surface area contributed by atoms with E-state index in [-0.39, 0.29) is 5.25 Å². The van der Waals surface area contributed by atoms with E-state index >= 15 is 0 Å². The summed E-state index contributed by atoms with van der Waals surface area (Å²) < 4.78 is 1.91. The smallest absolute Gasteiger partial charge is 0.196 e. The van der Waals surface area contributed by atoms with Crippen LogP contribution >= 0.6 is 11.8 Å². The van der Waals surface area contributed by atoms with Gasteiger partial charge in [0, 0.05) is 0 Å². The summed E-state index contributed by atoms with van der Waals surface area (Å²) in [7, 11) is 0. The van der Waals surface area contributed by atoms with Crippen LogP contribution in [-0.2, 0) is 0 Å². The zero-order valence-electron chi connectivity index (χ0n) is 9.66. The van der Waals surface area contributed by atoms with E-state index < -0.39 is 0 Å². The zero-order valence-corrected chi connectivity index (χ0v) is 10.5. The second-order valence-electron chi connectivity index (χ2n) is 3.66. The number of nitriles is 1. The van der Waals surface area contributed by atoms with Crippen molar-refractivity contribution in [3.8, 4) is 11.8 Å². The number of benzene rings is 1. The number of rotatable bonds is 3. The van der Waals surface area contributed by atoms with Crippen LogP contribution < -0.4 is 0 Å². The third-order valence-corrected chi connectivity index (χ3v) is 3.30. The first-order valence-corrected chi connectivity index (χ1v) is 6.12. The van der Waals surface area contributed by atoms with Gasteiger partial charge in [0.05, 0.1) is 17.0 Å². The van der Waals surface area contributed by atoms with Gasteiger partial charge in [-0.15, -0.1) is 10.2 Å². The van der Waals surface area contributed by atoms with Gasteiger partial charge in [0.15, 0.2) is 5.16 Å². The normalized spacial score (nSPS) is 12.1. The maximum atomic E-state index is 8.82. The maximum Gasteiger partial charge on any atom is 0.196 e. The van der Waals surface area contributed by atoms with Gasteiger partial charge in [-0.05, 0) is 25.5 Å². The molecule has 86 valence electrons. The lowest BCUT2D eigenvalue weighted by atomic mass is 10.2. The molecule has 1 atom stereocenters. The Labute approximate surface area is 104 Å². The third-order valence-electron chi connectivity index (χ3n) is 2.36. The molecular weight excluding hydrogens is 232 g/mol. The van der Waals surface area contributed by atoms with Gasteiger partial charge in [-0.1, -0.05) is 30.0 Å². The Morgan fingerprint density at radius 3 is 2.88 bits per heavy atom. The maximum absolute atomic E-state index is 8.82. The molecular formula is C12H12N4S. The van der Waals surface area contributed by atoms with Crippen LogP contribution in [0.1, 0.15) is 12.5 Å². The number of nitrogens with zero attached hydrogens (tertiary/aromatic N) is 4. The number of aryl methyl sites for hydroxylation is 1. The predicted molar refractivity (Wildman–Crippen MR) is 67.0 cm³/mol. The average Bonchev–Trinajstić information content (AvgIpc) is 2.77. The van der Waals surface area contributed by atoms with Crippen molar-refractivity contribution in [2.24, 2.45) is 0 Å². The second kappa shape index (κ2) is 5.02. The van der Waals surface area contributed by atoms with Gasteiger partial charge in [-0.25, -0.2) is 0 Å². The fourth-order valence-corrected chi connectivity index (χ4v) is 2.21. The van der Waals surface area contributed by atoms with Crippen LogP contribution in [0.4, 0.5) is 0 Å². The van der Waals surface area contributed by atoms with Crippen molar-refractivity contribution >= 4 is 11.8 Å².